The van der Waals surface area contributed by atoms with Crippen molar-refractivity contribution in [2.24, 2.45) is 10.9 Å². The first-order chi connectivity index (χ1) is 6.79. The van der Waals surface area contributed by atoms with Crippen molar-refractivity contribution in [3.63, 3.8) is 0 Å². The molecule has 1 aliphatic rings. The van der Waals surface area contributed by atoms with Crippen LogP contribution in [0.1, 0.15) is 20.3 Å². The van der Waals surface area contributed by atoms with Gasteiger partial charge in [-0.3, -0.25) is 4.99 Å². The lowest BCUT2D eigenvalue weighted by atomic mass is 10.3. The summed E-state index contributed by atoms with van der Waals surface area (Å²) >= 11 is 2.00. The van der Waals surface area contributed by atoms with E-state index in [-0.39, 0.29) is 24.0 Å². The van der Waals surface area contributed by atoms with Crippen molar-refractivity contribution in [3.8, 4) is 0 Å². The fraction of sp³-hybridized carbons (Fsp3) is 0.900. The molecule has 0 aliphatic carbocycles. The molecule has 0 fully saturated rings. The molecule has 2 N–H and O–H groups in total. The van der Waals surface area contributed by atoms with Crippen LogP contribution in [0.15, 0.2) is 4.99 Å². The second-order valence-corrected chi connectivity index (χ2v) is 5.06. The van der Waals surface area contributed by atoms with Crippen LogP contribution in [-0.4, -0.2) is 37.1 Å². The standard InChI is InChI=1S/C10H21N3S.HI/c1-9(2)8-14-7-6-13-10-11-4-3-5-12-10;/h9H,3-8H2,1-2H3,(H2,11,12,13);1H. The molecule has 0 saturated heterocycles. The Morgan fingerprint density at radius 3 is 2.93 bits per heavy atom. The van der Waals surface area contributed by atoms with E-state index < -0.39 is 0 Å². The molecule has 0 bridgehead atoms. The van der Waals surface area contributed by atoms with Gasteiger partial charge in [0.1, 0.15) is 0 Å². The van der Waals surface area contributed by atoms with Crippen LogP contribution in [0, 0.1) is 5.92 Å². The van der Waals surface area contributed by atoms with Gasteiger partial charge in [-0.15, -0.1) is 24.0 Å². The highest BCUT2D eigenvalue weighted by Gasteiger charge is 2.01. The quantitative estimate of drug-likeness (QED) is 0.592. The third kappa shape index (κ3) is 8.19. The third-order valence-corrected chi connectivity index (χ3v) is 3.28. The lowest BCUT2D eigenvalue weighted by Crippen LogP contribution is -2.41. The molecular weight excluding hydrogens is 321 g/mol. The highest BCUT2D eigenvalue weighted by atomic mass is 127. The van der Waals surface area contributed by atoms with Crippen LogP contribution in [-0.2, 0) is 0 Å². The molecule has 1 rings (SSSR count). The van der Waals surface area contributed by atoms with Crippen molar-refractivity contribution in [2.45, 2.75) is 20.3 Å². The van der Waals surface area contributed by atoms with Gasteiger partial charge in [0.15, 0.2) is 5.96 Å². The van der Waals surface area contributed by atoms with Crippen LogP contribution in [0.5, 0.6) is 0 Å². The molecule has 0 amide bonds. The third-order valence-electron chi connectivity index (χ3n) is 1.89. The Bertz CT molecular complexity index is 186. The number of aliphatic imine (C=N–C) groups is 1. The average Bonchev–Trinajstić information content (AvgIpc) is 2.18. The summed E-state index contributed by atoms with van der Waals surface area (Å²) in [5, 5.41) is 6.56. The maximum Gasteiger partial charge on any atom is 0.191 e. The predicted octanol–water partition coefficient (Wildman–Crippen LogP) is 1.93. The first-order valence-electron chi connectivity index (χ1n) is 5.39. The SMILES string of the molecule is CC(C)CSCCNC1=NCCCN1.I. The summed E-state index contributed by atoms with van der Waals surface area (Å²) in [6.45, 7) is 7.56. The smallest absolute Gasteiger partial charge is 0.191 e. The van der Waals surface area contributed by atoms with Gasteiger partial charge in [-0.25, -0.2) is 0 Å². The minimum atomic E-state index is 0. The number of nitrogens with one attached hydrogen (secondary N) is 2. The van der Waals surface area contributed by atoms with E-state index in [1.54, 1.807) is 0 Å². The molecule has 0 spiro atoms. The van der Waals surface area contributed by atoms with Crippen LogP contribution < -0.4 is 10.6 Å². The largest absolute Gasteiger partial charge is 0.356 e. The lowest BCUT2D eigenvalue weighted by molar-refractivity contribution is 0.709. The van der Waals surface area contributed by atoms with Crippen LogP contribution in [0.4, 0.5) is 0 Å². The molecule has 3 nitrogen and oxygen atoms in total. The molecule has 0 saturated carbocycles. The van der Waals surface area contributed by atoms with Gasteiger partial charge in [-0.1, -0.05) is 13.8 Å². The topological polar surface area (TPSA) is 36.4 Å². The first-order valence-corrected chi connectivity index (χ1v) is 6.54. The monoisotopic (exact) mass is 343 g/mol. The van der Waals surface area contributed by atoms with Gasteiger partial charge in [0.25, 0.3) is 0 Å². The lowest BCUT2D eigenvalue weighted by Gasteiger charge is -2.15. The van der Waals surface area contributed by atoms with Crippen molar-refractivity contribution in [3.05, 3.63) is 0 Å². The second-order valence-electron chi connectivity index (χ2n) is 3.91. The Balaban J connectivity index is 0.00000196. The van der Waals surface area contributed by atoms with E-state index in [0.29, 0.717) is 0 Å². The number of thioether (sulfide) groups is 1. The summed E-state index contributed by atoms with van der Waals surface area (Å²) in [6, 6.07) is 0. The van der Waals surface area contributed by atoms with Crippen molar-refractivity contribution >= 4 is 41.7 Å². The predicted molar refractivity (Wildman–Crippen MR) is 80.5 cm³/mol. The van der Waals surface area contributed by atoms with E-state index >= 15 is 0 Å². The summed E-state index contributed by atoms with van der Waals surface area (Å²) in [7, 11) is 0. The van der Waals surface area contributed by atoms with Crippen LogP contribution in [0.2, 0.25) is 0 Å². The Kier molecular flexibility index (Phi) is 9.79. The fourth-order valence-electron chi connectivity index (χ4n) is 1.21. The van der Waals surface area contributed by atoms with E-state index in [0.717, 1.165) is 37.9 Å². The van der Waals surface area contributed by atoms with Gasteiger partial charge >= 0.3 is 0 Å². The summed E-state index contributed by atoms with van der Waals surface area (Å²) < 4.78 is 0. The molecule has 0 atom stereocenters. The minimum absolute atomic E-state index is 0. The van der Waals surface area contributed by atoms with E-state index in [9.17, 15) is 0 Å². The molecule has 0 unspecified atom stereocenters. The van der Waals surface area contributed by atoms with E-state index in [4.69, 9.17) is 0 Å². The second kappa shape index (κ2) is 9.57. The Labute approximate surface area is 114 Å². The van der Waals surface area contributed by atoms with Crippen molar-refractivity contribution in [2.75, 3.05) is 31.1 Å². The van der Waals surface area contributed by atoms with Gasteiger partial charge < -0.3 is 10.6 Å². The minimum Gasteiger partial charge on any atom is -0.356 e. The number of nitrogens with zero attached hydrogens (tertiary/aromatic N) is 1. The zero-order valence-electron chi connectivity index (χ0n) is 9.58. The molecule has 5 heteroatoms. The Morgan fingerprint density at radius 1 is 1.53 bits per heavy atom. The molecule has 1 heterocycles. The highest BCUT2D eigenvalue weighted by Crippen LogP contribution is 2.05. The zero-order chi connectivity index (χ0) is 10.2. The van der Waals surface area contributed by atoms with Gasteiger partial charge in [0.2, 0.25) is 0 Å². The highest BCUT2D eigenvalue weighted by molar-refractivity contribution is 14.0. The molecule has 15 heavy (non-hydrogen) atoms. The van der Waals surface area contributed by atoms with Crippen LogP contribution in [0.3, 0.4) is 0 Å². The number of guanidine groups is 1. The summed E-state index contributed by atoms with van der Waals surface area (Å²) in [5.41, 5.74) is 0. The van der Waals surface area contributed by atoms with Crippen molar-refractivity contribution in [1.29, 1.82) is 0 Å². The van der Waals surface area contributed by atoms with E-state index in [1.807, 2.05) is 11.8 Å². The maximum atomic E-state index is 4.35. The van der Waals surface area contributed by atoms with Gasteiger partial charge in [-0.05, 0) is 18.1 Å². The van der Waals surface area contributed by atoms with Gasteiger partial charge in [-0.2, -0.15) is 11.8 Å². The summed E-state index contributed by atoms with van der Waals surface area (Å²) in [6.07, 6.45) is 1.16. The summed E-state index contributed by atoms with van der Waals surface area (Å²) in [5.74, 6) is 4.20. The zero-order valence-corrected chi connectivity index (χ0v) is 12.7. The van der Waals surface area contributed by atoms with Crippen LogP contribution in [0.25, 0.3) is 0 Å². The number of rotatable bonds is 5. The molecule has 90 valence electrons. The van der Waals surface area contributed by atoms with E-state index in [2.05, 4.69) is 29.5 Å². The van der Waals surface area contributed by atoms with Gasteiger partial charge in [0, 0.05) is 25.4 Å². The summed E-state index contributed by atoms with van der Waals surface area (Å²) in [4.78, 5) is 4.35. The molecule has 0 radical (unpaired) electrons. The fourth-order valence-corrected chi connectivity index (χ4v) is 2.10. The van der Waals surface area contributed by atoms with Crippen molar-refractivity contribution in [1.82, 2.24) is 10.6 Å². The Hall–Kier alpha value is 0.350. The maximum absolute atomic E-state index is 4.35. The molecule has 0 aromatic carbocycles. The molecule has 0 aromatic rings. The van der Waals surface area contributed by atoms with Gasteiger partial charge in [0.05, 0.1) is 0 Å². The normalized spacial score (nSPS) is 15.3. The first kappa shape index (κ1) is 15.3. The molecule has 0 aromatic heterocycles. The molecule has 1 aliphatic heterocycles. The Morgan fingerprint density at radius 2 is 2.33 bits per heavy atom. The number of halogens is 1. The molecular formula is C10H22IN3S. The van der Waals surface area contributed by atoms with Crippen molar-refractivity contribution < 1.29 is 0 Å². The number of hydrogen-bond donors (Lipinski definition) is 2. The van der Waals surface area contributed by atoms with E-state index in [1.165, 1.54) is 11.5 Å². The van der Waals surface area contributed by atoms with Crippen LogP contribution >= 0.6 is 35.7 Å². The average molecular weight is 343 g/mol. The number of hydrogen-bond acceptors (Lipinski definition) is 4.